The van der Waals surface area contributed by atoms with Gasteiger partial charge in [0.15, 0.2) is 12.4 Å². The molecule has 1 aromatic carbocycles. The summed E-state index contributed by atoms with van der Waals surface area (Å²) in [5, 5.41) is 8.79. The molecule has 2 rings (SSSR count). The minimum absolute atomic E-state index is 0.0506. The lowest BCUT2D eigenvalue weighted by atomic mass is 9.79. The number of benzene rings is 1. The second-order valence-electron chi connectivity index (χ2n) is 8.54. The van der Waals surface area contributed by atoms with Gasteiger partial charge in [0.25, 0.3) is 0 Å². The standard InChI is InChI=1S/C21H28O4/c1-20(2,3)16-8-14(9-17(10-16)21(4,5)6)7-15-11-24-12-18(15)25-13-19(22)23/h8-12H,7,13H2,1-6H3,(H,22,23). The van der Waals surface area contributed by atoms with Crippen LogP contribution in [-0.2, 0) is 22.0 Å². The van der Waals surface area contributed by atoms with Crippen LogP contribution in [0.4, 0.5) is 0 Å². The van der Waals surface area contributed by atoms with Crippen molar-refractivity contribution in [3.05, 3.63) is 53.0 Å². The van der Waals surface area contributed by atoms with E-state index < -0.39 is 5.97 Å². The lowest BCUT2D eigenvalue weighted by Gasteiger charge is -2.26. The quantitative estimate of drug-likeness (QED) is 0.835. The number of aliphatic carboxylic acids is 1. The van der Waals surface area contributed by atoms with Gasteiger partial charge in [-0.25, -0.2) is 4.79 Å². The first-order valence-corrected chi connectivity index (χ1v) is 8.51. The third-order valence-corrected chi connectivity index (χ3v) is 4.17. The average Bonchev–Trinajstić information content (AvgIpc) is 2.90. The van der Waals surface area contributed by atoms with Gasteiger partial charge in [-0.2, -0.15) is 0 Å². The third-order valence-electron chi connectivity index (χ3n) is 4.17. The van der Waals surface area contributed by atoms with Crippen LogP contribution in [-0.4, -0.2) is 17.7 Å². The number of hydrogen-bond donors (Lipinski definition) is 1. The predicted molar refractivity (Wildman–Crippen MR) is 98.5 cm³/mol. The number of carboxylic acid groups (broad SMARTS) is 1. The molecule has 2 aromatic rings. The predicted octanol–water partition coefficient (Wildman–Crippen LogP) is 4.93. The second-order valence-corrected chi connectivity index (χ2v) is 8.54. The summed E-state index contributed by atoms with van der Waals surface area (Å²) in [7, 11) is 0. The van der Waals surface area contributed by atoms with Crippen LogP contribution in [0.1, 0.15) is 63.8 Å². The molecule has 0 aliphatic heterocycles. The summed E-state index contributed by atoms with van der Waals surface area (Å²) in [4.78, 5) is 10.7. The zero-order chi connectivity index (χ0) is 18.8. The molecule has 136 valence electrons. The summed E-state index contributed by atoms with van der Waals surface area (Å²) in [6, 6.07) is 6.70. The fraction of sp³-hybridized carbons (Fsp3) is 0.476. The highest BCUT2D eigenvalue weighted by atomic mass is 16.5. The monoisotopic (exact) mass is 344 g/mol. The molecular formula is C21H28O4. The number of carboxylic acids is 1. The highest BCUT2D eigenvalue weighted by molar-refractivity contribution is 5.68. The minimum atomic E-state index is -1.00. The lowest BCUT2D eigenvalue weighted by molar-refractivity contribution is -0.139. The largest absolute Gasteiger partial charge is 0.479 e. The van der Waals surface area contributed by atoms with Gasteiger partial charge in [0.2, 0.25) is 0 Å². The highest BCUT2D eigenvalue weighted by Gasteiger charge is 2.21. The van der Waals surface area contributed by atoms with Crippen molar-refractivity contribution in [3.63, 3.8) is 0 Å². The maximum Gasteiger partial charge on any atom is 0.341 e. The van der Waals surface area contributed by atoms with Gasteiger partial charge in [-0.3, -0.25) is 0 Å². The molecule has 1 aromatic heterocycles. The van der Waals surface area contributed by atoms with Crippen molar-refractivity contribution in [1.29, 1.82) is 0 Å². The first kappa shape index (κ1) is 19.1. The van der Waals surface area contributed by atoms with E-state index in [0.29, 0.717) is 12.2 Å². The normalized spacial score (nSPS) is 12.2. The van der Waals surface area contributed by atoms with E-state index >= 15 is 0 Å². The van der Waals surface area contributed by atoms with E-state index in [1.54, 1.807) is 6.26 Å². The summed E-state index contributed by atoms with van der Waals surface area (Å²) < 4.78 is 10.5. The van der Waals surface area contributed by atoms with Crippen molar-refractivity contribution in [2.75, 3.05) is 6.61 Å². The second kappa shape index (κ2) is 6.95. The fourth-order valence-corrected chi connectivity index (χ4v) is 2.59. The summed E-state index contributed by atoms with van der Waals surface area (Å²) in [6.45, 7) is 12.9. The van der Waals surface area contributed by atoms with E-state index in [0.717, 1.165) is 5.56 Å². The van der Waals surface area contributed by atoms with Gasteiger partial charge in [0.1, 0.15) is 6.26 Å². The van der Waals surface area contributed by atoms with E-state index in [4.69, 9.17) is 14.3 Å². The van der Waals surface area contributed by atoms with Crippen LogP contribution in [0, 0.1) is 0 Å². The van der Waals surface area contributed by atoms with Gasteiger partial charge in [-0.05, 0) is 27.5 Å². The Morgan fingerprint density at radius 1 is 1.00 bits per heavy atom. The Balaban J connectivity index is 2.36. The fourth-order valence-electron chi connectivity index (χ4n) is 2.59. The maximum atomic E-state index is 10.7. The van der Waals surface area contributed by atoms with Gasteiger partial charge in [0, 0.05) is 12.0 Å². The summed E-state index contributed by atoms with van der Waals surface area (Å²) in [6.07, 6.45) is 3.71. The molecule has 0 spiro atoms. The van der Waals surface area contributed by atoms with Crippen LogP contribution < -0.4 is 4.74 Å². The third kappa shape index (κ3) is 5.12. The maximum absolute atomic E-state index is 10.7. The van der Waals surface area contributed by atoms with E-state index in [2.05, 4.69) is 59.7 Å². The zero-order valence-corrected chi connectivity index (χ0v) is 16.0. The van der Waals surface area contributed by atoms with Crippen molar-refractivity contribution in [1.82, 2.24) is 0 Å². The number of hydrogen-bond acceptors (Lipinski definition) is 3. The smallest absolute Gasteiger partial charge is 0.341 e. The van der Waals surface area contributed by atoms with E-state index in [1.165, 1.54) is 23.0 Å². The van der Waals surface area contributed by atoms with Crippen molar-refractivity contribution in [3.8, 4) is 5.75 Å². The van der Waals surface area contributed by atoms with Crippen LogP contribution in [0.2, 0.25) is 0 Å². The molecule has 0 radical (unpaired) electrons. The Morgan fingerprint density at radius 3 is 2.04 bits per heavy atom. The Kier molecular flexibility index (Phi) is 5.31. The SMILES string of the molecule is CC(C)(C)c1cc(Cc2cocc2OCC(=O)O)cc(C(C)(C)C)c1. The van der Waals surface area contributed by atoms with Crippen LogP contribution in [0.3, 0.4) is 0 Å². The molecule has 0 aliphatic carbocycles. The molecule has 0 amide bonds. The number of furan rings is 1. The Labute approximate surface area is 149 Å². The van der Waals surface area contributed by atoms with E-state index in [9.17, 15) is 4.79 Å². The molecule has 1 heterocycles. The summed E-state index contributed by atoms with van der Waals surface area (Å²) in [5.41, 5.74) is 4.69. The molecule has 0 unspecified atom stereocenters. The molecule has 25 heavy (non-hydrogen) atoms. The van der Waals surface area contributed by atoms with Crippen LogP contribution >= 0.6 is 0 Å². The first-order valence-electron chi connectivity index (χ1n) is 8.51. The Hall–Kier alpha value is -2.23. The van der Waals surface area contributed by atoms with Crippen molar-refractivity contribution < 1.29 is 19.1 Å². The highest BCUT2D eigenvalue weighted by Crippen LogP contribution is 2.32. The van der Waals surface area contributed by atoms with Gasteiger partial charge in [-0.1, -0.05) is 59.7 Å². The van der Waals surface area contributed by atoms with Gasteiger partial charge < -0.3 is 14.3 Å². The van der Waals surface area contributed by atoms with Crippen molar-refractivity contribution >= 4 is 5.97 Å². The van der Waals surface area contributed by atoms with E-state index in [1.807, 2.05) is 0 Å². The molecule has 0 fully saturated rings. The van der Waals surface area contributed by atoms with Gasteiger partial charge >= 0.3 is 5.97 Å². The van der Waals surface area contributed by atoms with Crippen LogP contribution in [0.15, 0.2) is 35.1 Å². The molecule has 0 saturated carbocycles. The Morgan fingerprint density at radius 2 is 1.56 bits per heavy atom. The molecule has 4 nitrogen and oxygen atoms in total. The number of carbonyl (C=O) groups is 1. The number of rotatable bonds is 5. The zero-order valence-electron chi connectivity index (χ0n) is 16.0. The molecule has 0 bridgehead atoms. The number of ether oxygens (including phenoxy) is 1. The van der Waals surface area contributed by atoms with Gasteiger partial charge in [0.05, 0.1) is 6.26 Å². The Bertz CT molecular complexity index is 710. The molecule has 0 saturated heterocycles. The molecule has 1 N–H and O–H groups in total. The topological polar surface area (TPSA) is 59.7 Å². The molecule has 0 aliphatic rings. The molecule has 4 heteroatoms. The van der Waals surface area contributed by atoms with Crippen molar-refractivity contribution in [2.24, 2.45) is 0 Å². The van der Waals surface area contributed by atoms with Gasteiger partial charge in [-0.15, -0.1) is 0 Å². The van der Waals surface area contributed by atoms with Crippen LogP contribution in [0.25, 0.3) is 0 Å². The minimum Gasteiger partial charge on any atom is -0.479 e. The molecule has 0 atom stereocenters. The average molecular weight is 344 g/mol. The molecular weight excluding hydrogens is 316 g/mol. The van der Waals surface area contributed by atoms with Crippen LogP contribution in [0.5, 0.6) is 5.75 Å². The summed E-state index contributed by atoms with van der Waals surface area (Å²) in [5.74, 6) is -0.516. The summed E-state index contributed by atoms with van der Waals surface area (Å²) >= 11 is 0. The first-order chi connectivity index (χ1) is 11.5. The van der Waals surface area contributed by atoms with Crippen molar-refractivity contribution in [2.45, 2.75) is 58.8 Å². The van der Waals surface area contributed by atoms with E-state index in [-0.39, 0.29) is 17.4 Å². The lowest BCUT2D eigenvalue weighted by Crippen LogP contribution is -2.17.